The molecule has 1 amide bonds. The molecule has 0 aliphatic carbocycles. The Morgan fingerprint density at radius 1 is 1.20 bits per heavy atom. The maximum Gasteiger partial charge on any atom is 0.259 e. The van der Waals surface area contributed by atoms with Crippen LogP contribution in [-0.2, 0) is 4.79 Å². The number of nitrogens with one attached hydrogen (secondary N) is 2. The molecule has 1 aromatic heterocycles. The van der Waals surface area contributed by atoms with Crippen molar-refractivity contribution in [2.45, 2.75) is 17.3 Å². The first-order chi connectivity index (χ1) is 12.1. The second kappa shape index (κ2) is 7.40. The molecule has 0 radical (unpaired) electrons. The van der Waals surface area contributed by atoms with Crippen molar-refractivity contribution >= 4 is 34.3 Å². The second-order valence-electron chi connectivity index (χ2n) is 5.34. The molecule has 1 atom stereocenters. The topological polar surface area (TPSA) is 84.1 Å². The van der Waals surface area contributed by atoms with Crippen molar-refractivity contribution in [3.63, 3.8) is 0 Å². The van der Waals surface area contributed by atoms with Crippen molar-refractivity contribution < 1.29 is 9.53 Å². The lowest BCUT2D eigenvalue weighted by Gasteiger charge is -2.13. The summed E-state index contributed by atoms with van der Waals surface area (Å²) in [5.74, 6) is 0.385. The van der Waals surface area contributed by atoms with Gasteiger partial charge in [0.1, 0.15) is 5.75 Å². The average Bonchev–Trinajstić information content (AvgIpc) is 2.62. The quantitative estimate of drug-likeness (QED) is 0.543. The third kappa shape index (κ3) is 3.83. The second-order valence-corrected chi connectivity index (χ2v) is 6.67. The molecule has 1 heterocycles. The highest BCUT2D eigenvalue weighted by Gasteiger charge is 2.18. The van der Waals surface area contributed by atoms with Gasteiger partial charge in [0.05, 0.1) is 29.0 Å². The van der Waals surface area contributed by atoms with E-state index in [0.717, 1.165) is 0 Å². The largest absolute Gasteiger partial charge is 0.495 e. The number of aromatic nitrogens is 2. The van der Waals surface area contributed by atoms with E-state index in [4.69, 9.17) is 4.74 Å². The summed E-state index contributed by atoms with van der Waals surface area (Å²) in [6.07, 6.45) is 0. The maximum absolute atomic E-state index is 12.4. The number of hydrogen-bond acceptors (Lipinski definition) is 5. The number of benzene rings is 2. The van der Waals surface area contributed by atoms with E-state index in [1.165, 1.54) is 11.8 Å². The van der Waals surface area contributed by atoms with E-state index in [0.29, 0.717) is 27.5 Å². The van der Waals surface area contributed by atoms with Crippen LogP contribution >= 0.6 is 11.8 Å². The molecule has 128 valence electrons. The number of ether oxygens (including phenoxy) is 1. The number of aromatic amines is 1. The molecule has 25 heavy (non-hydrogen) atoms. The van der Waals surface area contributed by atoms with Gasteiger partial charge in [0.25, 0.3) is 5.56 Å². The average molecular weight is 355 g/mol. The van der Waals surface area contributed by atoms with E-state index >= 15 is 0 Å². The maximum atomic E-state index is 12.4. The minimum absolute atomic E-state index is 0.203. The molecule has 3 aromatic rings. The molecular formula is C18H17N3O3S. The van der Waals surface area contributed by atoms with Gasteiger partial charge in [-0.25, -0.2) is 4.98 Å². The van der Waals surface area contributed by atoms with Crippen molar-refractivity contribution in [3.05, 3.63) is 58.9 Å². The zero-order valence-corrected chi connectivity index (χ0v) is 14.6. The number of nitrogens with zero attached hydrogens (tertiary/aromatic N) is 1. The van der Waals surface area contributed by atoms with Crippen molar-refractivity contribution in [1.29, 1.82) is 0 Å². The lowest BCUT2D eigenvalue weighted by molar-refractivity contribution is -0.115. The van der Waals surface area contributed by atoms with Crippen LogP contribution in [0.4, 0.5) is 5.69 Å². The van der Waals surface area contributed by atoms with Crippen LogP contribution in [0.15, 0.2) is 58.5 Å². The molecule has 0 saturated carbocycles. The van der Waals surface area contributed by atoms with E-state index in [2.05, 4.69) is 15.3 Å². The summed E-state index contributed by atoms with van der Waals surface area (Å²) in [4.78, 5) is 31.6. The van der Waals surface area contributed by atoms with Crippen molar-refractivity contribution in [2.24, 2.45) is 0 Å². The van der Waals surface area contributed by atoms with Gasteiger partial charge >= 0.3 is 0 Å². The molecule has 0 saturated heterocycles. The molecule has 6 nitrogen and oxygen atoms in total. The van der Waals surface area contributed by atoms with Gasteiger partial charge in [-0.2, -0.15) is 0 Å². The molecule has 0 unspecified atom stereocenters. The number of fused-ring (bicyclic) bond motifs is 1. The number of para-hydroxylation sites is 3. The number of anilines is 1. The Morgan fingerprint density at radius 3 is 2.72 bits per heavy atom. The van der Waals surface area contributed by atoms with Gasteiger partial charge in [-0.3, -0.25) is 9.59 Å². The van der Waals surface area contributed by atoms with E-state index < -0.39 is 5.25 Å². The summed E-state index contributed by atoms with van der Waals surface area (Å²) in [6, 6.07) is 14.3. The molecule has 3 rings (SSSR count). The minimum Gasteiger partial charge on any atom is -0.495 e. The van der Waals surface area contributed by atoms with Crippen molar-refractivity contribution in [1.82, 2.24) is 9.97 Å². The summed E-state index contributed by atoms with van der Waals surface area (Å²) < 4.78 is 5.23. The number of carbonyl (C=O) groups excluding carboxylic acids is 1. The Bertz CT molecular complexity index is 971. The van der Waals surface area contributed by atoms with Gasteiger partial charge in [0.15, 0.2) is 5.16 Å². The number of rotatable bonds is 5. The Kier molecular flexibility index (Phi) is 5.04. The van der Waals surface area contributed by atoms with Gasteiger partial charge in [-0.1, -0.05) is 36.0 Å². The van der Waals surface area contributed by atoms with Crippen LogP contribution in [0.1, 0.15) is 6.92 Å². The lowest BCUT2D eigenvalue weighted by atomic mass is 10.2. The highest BCUT2D eigenvalue weighted by Crippen LogP contribution is 2.26. The summed E-state index contributed by atoms with van der Waals surface area (Å²) in [5.41, 5.74) is 0.985. The Labute approximate surface area is 148 Å². The molecule has 0 aliphatic heterocycles. The fourth-order valence-corrected chi connectivity index (χ4v) is 3.13. The van der Waals surface area contributed by atoms with Gasteiger partial charge in [0, 0.05) is 0 Å². The SMILES string of the molecule is COc1ccccc1NC(=O)[C@@H](C)Sc1nc2ccccc2c(=O)[nH]1. The smallest absolute Gasteiger partial charge is 0.259 e. The standard InChI is InChI=1S/C18H17N3O3S/c1-11(16(22)19-14-9-5-6-10-15(14)24-2)25-18-20-13-8-4-3-7-12(13)17(23)21-18/h3-11H,1-2H3,(H,19,22)(H,20,21,23)/t11-/m1/s1. The van der Waals surface area contributed by atoms with Crippen LogP contribution in [0.5, 0.6) is 5.75 Å². The highest BCUT2D eigenvalue weighted by atomic mass is 32.2. The third-order valence-corrected chi connectivity index (χ3v) is 4.60. The molecule has 2 N–H and O–H groups in total. The molecule has 7 heteroatoms. The van der Waals surface area contributed by atoms with Crippen molar-refractivity contribution in [2.75, 3.05) is 12.4 Å². The van der Waals surface area contributed by atoms with Crippen molar-refractivity contribution in [3.8, 4) is 5.75 Å². The zero-order valence-electron chi connectivity index (χ0n) is 13.8. The Hall–Kier alpha value is -2.80. The lowest BCUT2D eigenvalue weighted by Crippen LogP contribution is -2.23. The summed E-state index contributed by atoms with van der Waals surface area (Å²) in [6.45, 7) is 1.75. The van der Waals surface area contributed by atoms with Gasteiger partial charge in [-0.05, 0) is 31.2 Å². The molecule has 2 aromatic carbocycles. The van der Waals surface area contributed by atoms with E-state index in [1.54, 1.807) is 44.4 Å². The van der Waals surface area contributed by atoms with Crippen LogP contribution < -0.4 is 15.6 Å². The molecule has 0 bridgehead atoms. The summed E-state index contributed by atoms with van der Waals surface area (Å²) >= 11 is 1.19. The van der Waals surface area contributed by atoms with Crippen LogP contribution in [0.25, 0.3) is 10.9 Å². The van der Waals surface area contributed by atoms with Crippen LogP contribution in [0.3, 0.4) is 0 Å². The number of thioether (sulfide) groups is 1. The molecule has 0 aliphatic rings. The highest BCUT2D eigenvalue weighted by molar-refractivity contribution is 8.00. The predicted octanol–water partition coefficient (Wildman–Crippen LogP) is 3.05. The molecular weight excluding hydrogens is 338 g/mol. The number of carbonyl (C=O) groups is 1. The van der Waals surface area contributed by atoms with Gasteiger partial charge in [0.2, 0.25) is 5.91 Å². The van der Waals surface area contributed by atoms with Crippen LogP contribution in [0.2, 0.25) is 0 Å². The fourth-order valence-electron chi connectivity index (χ4n) is 2.32. The van der Waals surface area contributed by atoms with Crippen LogP contribution in [-0.4, -0.2) is 28.2 Å². The first-order valence-corrected chi connectivity index (χ1v) is 8.56. The van der Waals surface area contributed by atoms with Crippen LogP contribution in [0, 0.1) is 0 Å². The van der Waals surface area contributed by atoms with E-state index in [1.807, 2.05) is 18.2 Å². The molecule has 0 spiro atoms. The monoisotopic (exact) mass is 355 g/mol. The zero-order chi connectivity index (χ0) is 17.8. The minimum atomic E-state index is -0.450. The fraction of sp³-hybridized carbons (Fsp3) is 0.167. The summed E-state index contributed by atoms with van der Waals surface area (Å²) in [5, 5.41) is 3.31. The third-order valence-electron chi connectivity index (χ3n) is 3.61. The molecule has 0 fully saturated rings. The van der Waals surface area contributed by atoms with Gasteiger partial charge in [-0.15, -0.1) is 0 Å². The number of hydrogen-bond donors (Lipinski definition) is 2. The first kappa shape index (κ1) is 17.0. The Morgan fingerprint density at radius 2 is 1.92 bits per heavy atom. The normalized spacial score (nSPS) is 11.9. The number of amides is 1. The number of methoxy groups -OCH3 is 1. The van der Waals surface area contributed by atoms with E-state index in [-0.39, 0.29) is 11.5 Å². The predicted molar refractivity (Wildman–Crippen MR) is 99.3 cm³/mol. The van der Waals surface area contributed by atoms with Gasteiger partial charge < -0.3 is 15.0 Å². The Balaban J connectivity index is 1.76. The summed E-state index contributed by atoms with van der Waals surface area (Å²) in [7, 11) is 1.55. The number of H-pyrrole nitrogens is 1. The first-order valence-electron chi connectivity index (χ1n) is 7.68. The van der Waals surface area contributed by atoms with E-state index in [9.17, 15) is 9.59 Å².